The number of hydrogen-bond donors (Lipinski definition) is 2. The van der Waals surface area contributed by atoms with Gasteiger partial charge in [0, 0.05) is 25.1 Å². The molecule has 2 rings (SSSR count). The molecule has 2 atom stereocenters. The van der Waals surface area contributed by atoms with Crippen molar-refractivity contribution in [3.05, 3.63) is 30.1 Å². The van der Waals surface area contributed by atoms with Crippen LogP contribution in [-0.4, -0.2) is 17.9 Å². The Hall–Kier alpha value is -1.91. The van der Waals surface area contributed by atoms with Gasteiger partial charge in [-0.25, -0.2) is 4.39 Å². The lowest BCUT2D eigenvalue weighted by Crippen LogP contribution is -2.58. The molecule has 1 saturated carbocycles. The lowest BCUT2D eigenvalue weighted by molar-refractivity contribution is -0.125. The van der Waals surface area contributed by atoms with Gasteiger partial charge in [0.1, 0.15) is 5.82 Å². The fourth-order valence-electron chi connectivity index (χ4n) is 2.82. The summed E-state index contributed by atoms with van der Waals surface area (Å²) in [5, 5.41) is 5.69. The van der Waals surface area contributed by atoms with Crippen molar-refractivity contribution in [1.82, 2.24) is 5.32 Å². The maximum Gasteiger partial charge on any atom is 0.224 e. The maximum atomic E-state index is 12.8. The molecule has 0 saturated heterocycles. The molecule has 1 aromatic carbocycles. The Balaban J connectivity index is 1.86. The highest BCUT2D eigenvalue weighted by molar-refractivity contribution is 5.91. The van der Waals surface area contributed by atoms with Gasteiger partial charge in [-0.15, -0.1) is 0 Å². The van der Waals surface area contributed by atoms with Crippen molar-refractivity contribution in [2.24, 2.45) is 11.3 Å². The average Bonchev–Trinajstić information content (AvgIpc) is 2.40. The van der Waals surface area contributed by atoms with Crippen LogP contribution in [0, 0.1) is 17.2 Å². The van der Waals surface area contributed by atoms with Crippen LogP contribution in [0.3, 0.4) is 0 Å². The Labute approximate surface area is 124 Å². The van der Waals surface area contributed by atoms with Crippen LogP contribution in [0.4, 0.5) is 10.1 Å². The van der Waals surface area contributed by atoms with Gasteiger partial charge in [0.25, 0.3) is 0 Å². The third-order valence-electron chi connectivity index (χ3n) is 4.41. The Morgan fingerprint density at radius 3 is 2.43 bits per heavy atom. The van der Waals surface area contributed by atoms with Gasteiger partial charge in [-0.05, 0) is 42.0 Å². The van der Waals surface area contributed by atoms with E-state index in [1.807, 2.05) is 0 Å². The molecule has 114 valence electrons. The molecule has 0 aliphatic heterocycles. The minimum Gasteiger partial charge on any atom is -0.353 e. The summed E-state index contributed by atoms with van der Waals surface area (Å²) in [5.74, 6) is -0.218. The van der Waals surface area contributed by atoms with E-state index < -0.39 is 0 Å². The molecule has 0 radical (unpaired) electrons. The second-order valence-corrected chi connectivity index (χ2v) is 6.27. The summed E-state index contributed by atoms with van der Waals surface area (Å²) in [7, 11) is 0. The standard InChI is InChI=1S/C16H21FN2O2/c1-10(20)18-14-8-11(16(14,2)3)9-15(21)19-13-6-4-12(17)5-7-13/h4-7,11,14H,8-9H2,1-3H3,(H,18,20)(H,19,21). The number of carbonyl (C=O) groups excluding carboxylic acids is 2. The summed E-state index contributed by atoms with van der Waals surface area (Å²) >= 11 is 0. The van der Waals surface area contributed by atoms with E-state index in [4.69, 9.17) is 0 Å². The Bertz CT molecular complexity index is 540. The van der Waals surface area contributed by atoms with E-state index in [-0.39, 0.29) is 35.0 Å². The summed E-state index contributed by atoms with van der Waals surface area (Å²) in [6.07, 6.45) is 1.21. The van der Waals surface area contributed by atoms with Gasteiger partial charge in [0.15, 0.2) is 0 Å². The Morgan fingerprint density at radius 2 is 1.90 bits per heavy atom. The summed E-state index contributed by atoms with van der Waals surface area (Å²) in [4.78, 5) is 23.1. The van der Waals surface area contributed by atoms with Crippen LogP contribution in [0.5, 0.6) is 0 Å². The highest BCUT2D eigenvalue weighted by atomic mass is 19.1. The first-order valence-corrected chi connectivity index (χ1v) is 7.11. The van der Waals surface area contributed by atoms with Crippen molar-refractivity contribution < 1.29 is 14.0 Å². The van der Waals surface area contributed by atoms with E-state index in [1.54, 1.807) is 12.1 Å². The van der Waals surface area contributed by atoms with E-state index in [2.05, 4.69) is 24.5 Å². The SMILES string of the molecule is CC(=O)NC1CC(CC(=O)Nc2ccc(F)cc2)C1(C)C. The molecule has 0 aromatic heterocycles. The molecular formula is C16H21FN2O2. The van der Waals surface area contributed by atoms with Crippen molar-refractivity contribution in [2.75, 3.05) is 5.32 Å². The fraction of sp³-hybridized carbons (Fsp3) is 0.500. The molecule has 1 fully saturated rings. The van der Waals surface area contributed by atoms with Gasteiger partial charge >= 0.3 is 0 Å². The van der Waals surface area contributed by atoms with Crippen molar-refractivity contribution in [2.45, 2.75) is 39.7 Å². The largest absolute Gasteiger partial charge is 0.353 e. The zero-order valence-corrected chi connectivity index (χ0v) is 12.6. The zero-order chi connectivity index (χ0) is 15.6. The predicted octanol–water partition coefficient (Wildman–Crippen LogP) is 2.71. The van der Waals surface area contributed by atoms with Gasteiger partial charge in [0.2, 0.25) is 11.8 Å². The molecule has 2 N–H and O–H groups in total. The summed E-state index contributed by atoms with van der Waals surface area (Å²) in [6.45, 7) is 5.63. The number of rotatable bonds is 4. The number of nitrogens with one attached hydrogen (secondary N) is 2. The molecule has 5 heteroatoms. The molecule has 21 heavy (non-hydrogen) atoms. The zero-order valence-electron chi connectivity index (χ0n) is 12.6. The second-order valence-electron chi connectivity index (χ2n) is 6.27. The first-order chi connectivity index (χ1) is 9.79. The van der Waals surface area contributed by atoms with Crippen molar-refractivity contribution in [3.8, 4) is 0 Å². The molecule has 1 aliphatic carbocycles. The lowest BCUT2D eigenvalue weighted by Gasteiger charge is -2.52. The van der Waals surface area contributed by atoms with E-state index in [0.717, 1.165) is 6.42 Å². The normalized spacial score (nSPS) is 23.0. The van der Waals surface area contributed by atoms with Crippen molar-refractivity contribution in [1.29, 1.82) is 0 Å². The minimum absolute atomic E-state index is 0.0395. The van der Waals surface area contributed by atoms with Gasteiger partial charge < -0.3 is 10.6 Å². The van der Waals surface area contributed by atoms with Gasteiger partial charge in [-0.2, -0.15) is 0 Å². The lowest BCUT2D eigenvalue weighted by atomic mass is 9.57. The first-order valence-electron chi connectivity index (χ1n) is 7.11. The molecule has 1 aliphatic rings. The van der Waals surface area contributed by atoms with E-state index in [9.17, 15) is 14.0 Å². The van der Waals surface area contributed by atoms with Gasteiger partial charge in [-0.3, -0.25) is 9.59 Å². The third kappa shape index (κ3) is 3.60. The highest BCUT2D eigenvalue weighted by Crippen LogP contribution is 2.48. The molecule has 1 aromatic rings. The first kappa shape index (κ1) is 15.5. The summed E-state index contributed by atoms with van der Waals surface area (Å²) in [5.41, 5.74) is 0.503. The predicted molar refractivity (Wildman–Crippen MR) is 79.1 cm³/mol. The Morgan fingerprint density at radius 1 is 1.29 bits per heavy atom. The van der Waals surface area contributed by atoms with E-state index in [0.29, 0.717) is 12.1 Å². The number of anilines is 1. The average molecular weight is 292 g/mol. The minimum atomic E-state index is -0.328. The van der Waals surface area contributed by atoms with Crippen LogP contribution >= 0.6 is 0 Å². The molecule has 0 spiro atoms. The number of hydrogen-bond acceptors (Lipinski definition) is 2. The summed E-state index contributed by atoms with van der Waals surface area (Å²) in [6, 6.07) is 5.84. The van der Waals surface area contributed by atoms with Crippen LogP contribution in [-0.2, 0) is 9.59 Å². The molecule has 2 amide bonds. The topological polar surface area (TPSA) is 58.2 Å². The molecular weight excluding hydrogens is 271 g/mol. The van der Waals surface area contributed by atoms with Crippen molar-refractivity contribution >= 4 is 17.5 Å². The van der Waals surface area contributed by atoms with Gasteiger partial charge in [-0.1, -0.05) is 13.8 Å². The molecule has 0 bridgehead atoms. The summed E-state index contributed by atoms with van der Waals surface area (Å²) < 4.78 is 12.8. The highest BCUT2D eigenvalue weighted by Gasteiger charge is 2.48. The van der Waals surface area contributed by atoms with Gasteiger partial charge in [0.05, 0.1) is 0 Å². The maximum absolute atomic E-state index is 12.8. The van der Waals surface area contributed by atoms with Crippen molar-refractivity contribution in [3.63, 3.8) is 0 Å². The van der Waals surface area contributed by atoms with Crippen LogP contribution in [0.1, 0.15) is 33.6 Å². The monoisotopic (exact) mass is 292 g/mol. The Kier molecular flexibility index (Phi) is 4.30. The van der Waals surface area contributed by atoms with Crippen LogP contribution < -0.4 is 10.6 Å². The second kappa shape index (κ2) is 5.84. The molecule has 2 unspecified atom stereocenters. The van der Waals surface area contributed by atoms with Crippen LogP contribution in [0.15, 0.2) is 24.3 Å². The number of carbonyl (C=O) groups is 2. The van der Waals surface area contributed by atoms with E-state index >= 15 is 0 Å². The number of halogens is 1. The molecule has 0 heterocycles. The third-order valence-corrected chi connectivity index (χ3v) is 4.41. The fourth-order valence-corrected chi connectivity index (χ4v) is 2.82. The van der Waals surface area contributed by atoms with Crippen LogP contribution in [0.25, 0.3) is 0 Å². The molecule has 4 nitrogen and oxygen atoms in total. The van der Waals surface area contributed by atoms with E-state index in [1.165, 1.54) is 19.1 Å². The number of amides is 2. The van der Waals surface area contributed by atoms with Crippen LogP contribution in [0.2, 0.25) is 0 Å². The quantitative estimate of drug-likeness (QED) is 0.896. The smallest absolute Gasteiger partial charge is 0.224 e. The number of benzene rings is 1.